The summed E-state index contributed by atoms with van der Waals surface area (Å²) in [6, 6.07) is 21.0. The van der Waals surface area contributed by atoms with Crippen LogP contribution in [-0.2, 0) is 13.1 Å². The second-order valence-corrected chi connectivity index (χ2v) is 9.03. The van der Waals surface area contributed by atoms with E-state index in [4.69, 9.17) is 28.2 Å². The molecule has 2 amide bonds. The minimum absolute atomic E-state index is 0.155. The van der Waals surface area contributed by atoms with E-state index >= 15 is 0 Å². The van der Waals surface area contributed by atoms with Crippen LogP contribution in [0.3, 0.4) is 0 Å². The van der Waals surface area contributed by atoms with Gasteiger partial charge in [-0.15, -0.1) is 0 Å². The van der Waals surface area contributed by atoms with E-state index in [1.807, 2.05) is 44.2 Å². The van der Waals surface area contributed by atoms with E-state index < -0.39 is 6.04 Å². The molecule has 0 bridgehead atoms. The van der Waals surface area contributed by atoms with Crippen molar-refractivity contribution in [1.82, 2.24) is 14.5 Å². The Bertz CT molecular complexity index is 1410. The van der Waals surface area contributed by atoms with Crippen molar-refractivity contribution in [2.45, 2.75) is 39.4 Å². The van der Waals surface area contributed by atoms with E-state index in [1.54, 1.807) is 51.9 Å². The third-order valence-electron chi connectivity index (χ3n) is 5.86. The summed E-state index contributed by atoms with van der Waals surface area (Å²) in [5, 5.41) is 4.47. The number of urea groups is 1. The van der Waals surface area contributed by atoms with Crippen LogP contribution >= 0.6 is 23.2 Å². The molecule has 0 aliphatic rings. The predicted molar refractivity (Wildman–Crippen MR) is 142 cm³/mol. The molecule has 0 saturated heterocycles. The minimum atomic E-state index is -0.467. The highest BCUT2D eigenvalue weighted by molar-refractivity contribution is 6.31. The van der Waals surface area contributed by atoms with Crippen molar-refractivity contribution < 1.29 is 4.79 Å². The average Bonchev–Trinajstić information content (AvgIpc) is 2.84. The van der Waals surface area contributed by atoms with Gasteiger partial charge in [-0.2, -0.15) is 0 Å². The molecule has 1 N–H and O–H groups in total. The molecule has 35 heavy (non-hydrogen) atoms. The highest BCUT2D eigenvalue weighted by atomic mass is 35.5. The Balaban J connectivity index is 1.82. The molecule has 0 saturated carbocycles. The number of fused-ring (bicyclic) bond motifs is 1. The number of rotatable bonds is 7. The van der Waals surface area contributed by atoms with Gasteiger partial charge in [0, 0.05) is 28.8 Å². The Morgan fingerprint density at radius 1 is 1.00 bits per heavy atom. The van der Waals surface area contributed by atoms with Crippen molar-refractivity contribution in [1.29, 1.82) is 0 Å². The zero-order valence-electron chi connectivity index (χ0n) is 19.5. The van der Waals surface area contributed by atoms with Gasteiger partial charge in [-0.3, -0.25) is 9.36 Å². The molecule has 0 spiro atoms. The Kier molecular flexibility index (Phi) is 7.73. The van der Waals surface area contributed by atoms with Crippen LogP contribution in [0.15, 0.2) is 77.6 Å². The molecule has 1 aromatic heterocycles. The van der Waals surface area contributed by atoms with Crippen molar-refractivity contribution in [3.8, 4) is 0 Å². The van der Waals surface area contributed by atoms with Gasteiger partial charge in [-0.1, -0.05) is 66.5 Å². The second-order valence-electron chi connectivity index (χ2n) is 8.16. The normalized spacial score (nSPS) is 11.9. The van der Waals surface area contributed by atoms with Crippen LogP contribution in [0.4, 0.5) is 10.5 Å². The fourth-order valence-corrected chi connectivity index (χ4v) is 4.54. The molecule has 0 fully saturated rings. The van der Waals surface area contributed by atoms with Gasteiger partial charge in [-0.25, -0.2) is 9.78 Å². The molecule has 0 aliphatic carbocycles. The molecular formula is C27H26Cl2N4O2. The third-order valence-corrected chi connectivity index (χ3v) is 6.33. The number of aromatic nitrogens is 2. The molecule has 1 atom stereocenters. The van der Waals surface area contributed by atoms with Gasteiger partial charge >= 0.3 is 6.03 Å². The number of anilines is 1. The van der Waals surface area contributed by atoms with Gasteiger partial charge in [0.2, 0.25) is 0 Å². The summed E-state index contributed by atoms with van der Waals surface area (Å²) in [7, 11) is 0. The molecule has 180 valence electrons. The summed E-state index contributed by atoms with van der Waals surface area (Å²) in [5.41, 5.74) is 1.90. The average molecular weight is 509 g/mol. The minimum Gasteiger partial charge on any atom is -0.310 e. The lowest BCUT2D eigenvalue weighted by Gasteiger charge is -2.32. The van der Waals surface area contributed by atoms with E-state index in [-0.39, 0.29) is 11.6 Å². The van der Waals surface area contributed by atoms with E-state index in [9.17, 15) is 9.59 Å². The number of hydrogen-bond acceptors (Lipinski definition) is 3. The number of benzene rings is 3. The number of amides is 2. The van der Waals surface area contributed by atoms with Crippen LogP contribution in [0, 0.1) is 0 Å². The molecule has 0 aliphatic heterocycles. The molecular weight excluding hydrogens is 483 g/mol. The smallest absolute Gasteiger partial charge is 0.310 e. The van der Waals surface area contributed by atoms with Crippen LogP contribution in [0.1, 0.15) is 37.7 Å². The van der Waals surface area contributed by atoms with Crippen molar-refractivity contribution in [3.05, 3.63) is 105 Å². The second kappa shape index (κ2) is 10.9. The van der Waals surface area contributed by atoms with E-state index in [0.29, 0.717) is 52.0 Å². The predicted octanol–water partition coefficient (Wildman–Crippen LogP) is 6.91. The van der Waals surface area contributed by atoms with Gasteiger partial charge in [0.25, 0.3) is 5.56 Å². The SMILES string of the molecule is CCC(c1nc2cc(Cl)ccc2c(=O)n1CC)N(Cc1ccccc1)C(=O)Nc1cccc(Cl)c1. The van der Waals surface area contributed by atoms with Gasteiger partial charge in [-0.05, 0) is 55.3 Å². The molecule has 0 radical (unpaired) electrons. The zero-order valence-corrected chi connectivity index (χ0v) is 21.1. The Hall–Kier alpha value is -3.35. The largest absolute Gasteiger partial charge is 0.322 e. The number of carbonyl (C=O) groups is 1. The lowest BCUT2D eigenvalue weighted by Crippen LogP contribution is -2.40. The number of hydrogen-bond donors (Lipinski definition) is 1. The van der Waals surface area contributed by atoms with Crippen molar-refractivity contribution in [3.63, 3.8) is 0 Å². The summed E-state index contributed by atoms with van der Waals surface area (Å²) in [6.07, 6.45) is 0.550. The Labute approximate surface area is 214 Å². The van der Waals surface area contributed by atoms with Crippen LogP contribution < -0.4 is 10.9 Å². The Morgan fingerprint density at radius 2 is 1.74 bits per heavy atom. The zero-order chi connectivity index (χ0) is 24.9. The Morgan fingerprint density at radius 3 is 2.43 bits per heavy atom. The molecule has 6 nitrogen and oxygen atoms in total. The van der Waals surface area contributed by atoms with Crippen LogP contribution in [-0.4, -0.2) is 20.5 Å². The summed E-state index contributed by atoms with van der Waals surface area (Å²) < 4.78 is 1.63. The number of halogens is 2. The highest BCUT2D eigenvalue weighted by Crippen LogP contribution is 2.28. The monoisotopic (exact) mass is 508 g/mol. The number of nitrogens with zero attached hydrogens (tertiary/aromatic N) is 3. The van der Waals surface area contributed by atoms with Crippen LogP contribution in [0.2, 0.25) is 10.0 Å². The fourth-order valence-electron chi connectivity index (χ4n) is 4.18. The molecule has 4 rings (SSSR count). The van der Waals surface area contributed by atoms with Gasteiger partial charge in [0.05, 0.1) is 16.9 Å². The standard InChI is InChI=1S/C27H26Cl2N4O2/c1-3-24(25-31-23-16-20(29)13-14-22(23)26(34)32(25)4-2)33(17-18-9-6-5-7-10-18)27(35)30-21-12-8-11-19(28)15-21/h5-16,24H,3-4,17H2,1-2H3,(H,30,35). The van der Waals surface area contributed by atoms with Crippen LogP contribution in [0.5, 0.6) is 0 Å². The van der Waals surface area contributed by atoms with E-state index in [2.05, 4.69) is 5.32 Å². The van der Waals surface area contributed by atoms with Gasteiger partial charge in [0.15, 0.2) is 0 Å². The molecule has 4 aromatic rings. The first-order valence-corrected chi connectivity index (χ1v) is 12.2. The van der Waals surface area contributed by atoms with Gasteiger partial charge in [0.1, 0.15) is 5.82 Å². The topological polar surface area (TPSA) is 67.2 Å². The number of nitrogens with one attached hydrogen (secondary N) is 1. The van der Waals surface area contributed by atoms with E-state index in [1.165, 1.54) is 0 Å². The first kappa shape index (κ1) is 24.8. The van der Waals surface area contributed by atoms with Crippen molar-refractivity contribution in [2.24, 2.45) is 0 Å². The quantitative estimate of drug-likeness (QED) is 0.295. The highest BCUT2D eigenvalue weighted by Gasteiger charge is 2.29. The maximum Gasteiger partial charge on any atom is 0.322 e. The molecule has 3 aromatic carbocycles. The summed E-state index contributed by atoms with van der Waals surface area (Å²) in [4.78, 5) is 33.5. The summed E-state index contributed by atoms with van der Waals surface area (Å²) in [5.74, 6) is 0.520. The van der Waals surface area contributed by atoms with E-state index in [0.717, 1.165) is 5.56 Å². The lowest BCUT2D eigenvalue weighted by molar-refractivity contribution is 0.175. The lowest BCUT2D eigenvalue weighted by atomic mass is 10.1. The maximum absolute atomic E-state index is 13.6. The molecule has 1 heterocycles. The first-order valence-electron chi connectivity index (χ1n) is 11.5. The van der Waals surface area contributed by atoms with Gasteiger partial charge < -0.3 is 10.2 Å². The molecule has 8 heteroatoms. The van der Waals surface area contributed by atoms with Crippen molar-refractivity contribution >= 4 is 45.8 Å². The third kappa shape index (κ3) is 5.50. The number of carbonyl (C=O) groups excluding carboxylic acids is 1. The first-order chi connectivity index (χ1) is 16.9. The summed E-state index contributed by atoms with van der Waals surface area (Å²) in [6.45, 7) is 4.63. The maximum atomic E-state index is 13.6. The summed E-state index contributed by atoms with van der Waals surface area (Å²) >= 11 is 12.3. The fraction of sp³-hybridized carbons (Fsp3) is 0.222. The van der Waals surface area contributed by atoms with Crippen molar-refractivity contribution in [2.75, 3.05) is 5.32 Å². The molecule has 1 unspecified atom stereocenters. The van der Waals surface area contributed by atoms with Crippen LogP contribution in [0.25, 0.3) is 10.9 Å².